The highest BCUT2D eigenvalue weighted by Gasteiger charge is 2.18. The predicted molar refractivity (Wildman–Crippen MR) is 48.6 cm³/mol. The summed E-state index contributed by atoms with van der Waals surface area (Å²) in [7, 11) is 2.67. The van der Waals surface area contributed by atoms with E-state index in [0.29, 0.717) is 5.69 Å². The topological polar surface area (TPSA) is 56.3 Å². The number of hydrogen-bond donors (Lipinski definition) is 0. The molecule has 0 bridgehead atoms. The number of nitrogens with zero attached hydrogens (tertiary/aromatic N) is 1. The van der Waals surface area contributed by atoms with Crippen LogP contribution in [-0.2, 0) is 9.05 Å². The average Bonchev–Trinajstić information content (AvgIpc) is 2.03. The second-order valence-electron chi connectivity index (χ2n) is 2.40. The minimum atomic E-state index is -3.83. The van der Waals surface area contributed by atoms with Gasteiger partial charge >= 0.3 is 0 Å². The molecule has 0 spiro atoms. The molecule has 6 heteroatoms. The normalized spacial score (nSPS) is 11.3. The molecule has 72 valence electrons. The zero-order valence-corrected chi connectivity index (χ0v) is 8.69. The minimum absolute atomic E-state index is 0.153. The van der Waals surface area contributed by atoms with Crippen molar-refractivity contribution in [1.29, 1.82) is 0 Å². The summed E-state index contributed by atoms with van der Waals surface area (Å²) < 4.78 is 26.8. The van der Waals surface area contributed by atoms with Crippen LogP contribution < -0.4 is 4.74 Å². The number of ether oxygens (including phenoxy) is 1. The van der Waals surface area contributed by atoms with Gasteiger partial charge in [-0.2, -0.15) is 0 Å². The van der Waals surface area contributed by atoms with Crippen LogP contribution in [0, 0.1) is 6.92 Å². The highest BCUT2D eigenvalue weighted by molar-refractivity contribution is 8.13. The van der Waals surface area contributed by atoms with Gasteiger partial charge in [0, 0.05) is 16.4 Å². The molecule has 1 rings (SSSR count). The zero-order chi connectivity index (χ0) is 10.1. The Morgan fingerprint density at radius 3 is 2.54 bits per heavy atom. The molecule has 0 radical (unpaired) electrons. The number of hydrogen-bond acceptors (Lipinski definition) is 4. The summed E-state index contributed by atoms with van der Waals surface area (Å²) in [5.74, 6) is 0.153. The summed E-state index contributed by atoms with van der Waals surface area (Å²) >= 11 is 0. The van der Waals surface area contributed by atoms with Gasteiger partial charge in [-0.25, -0.2) is 13.4 Å². The monoisotopic (exact) mass is 221 g/mol. The van der Waals surface area contributed by atoms with Crippen molar-refractivity contribution in [3.63, 3.8) is 0 Å². The second-order valence-corrected chi connectivity index (χ2v) is 4.88. The first-order valence-corrected chi connectivity index (χ1v) is 5.72. The van der Waals surface area contributed by atoms with Gasteiger partial charge in [-0.05, 0) is 19.1 Å². The quantitative estimate of drug-likeness (QED) is 0.707. The fraction of sp³-hybridized carbons (Fsp3) is 0.286. The average molecular weight is 222 g/mol. The molecule has 0 aliphatic rings. The fourth-order valence-electron chi connectivity index (χ4n) is 0.850. The lowest BCUT2D eigenvalue weighted by Gasteiger charge is -2.04. The largest absolute Gasteiger partial charge is 0.494 e. The fourth-order valence-corrected chi connectivity index (χ4v) is 1.83. The van der Waals surface area contributed by atoms with Crippen LogP contribution in [0.25, 0.3) is 0 Å². The van der Waals surface area contributed by atoms with Crippen molar-refractivity contribution in [3.8, 4) is 5.75 Å². The number of rotatable bonds is 2. The first-order valence-electron chi connectivity index (χ1n) is 3.41. The molecule has 4 nitrogen and oxygen atoms in total. The SMILES string of the molecule is COc1ccc(C)nc1S(=O)(=O)Cl. The first kappa shape index (κ1) is 10.3. The molecule has 0 aromatic carbocycles. The van der Waals surface area contributed by atoms with Crippen LogP contribution in [0.2, 0.25) is 0 Å². The van der Waals surface area contributed by atoms with E-state index in [1.807, 2.05) is 0 Å². The van der Waals surface area contributed by atoms with Crippen LogP contribution in [0.3, 0.4) is 0 Å². The van der Waals surface area contributed by atoms with E-state index in [4.69, 9.17) is 15.4 Å². The number of aromatic nitrogens is 1. The van der Waals surface area contributed by atoms with Crippen LogP contribution in [0.15, 0.2) is 17.2 Å². The first-order chi connectivity index (χ1) is 5.95. The third-order valence-electron chi connectivity index (χ3n) is 1.42. The Morgan fingerprint density at radius 2 is 2.08 bits per heavy atom. The summed E-state index contributed by atoms with van der Waals surface area (Å²) in [4.78, 5) is 3.77. The van der Waals surface area contributed by atoms with Crippen LogP contribution >= 0.6 is 10.7 Å². The maximum Gasteiger partial charge on any atom is 0.282 e. The van der Waals surface area contributed by atoms with Gasteiger partial charge in [0.15, 0.2) is 5.75 Å². The Bertz CT molecular complexity index is 416. The smallest absolute Gasteiger partial charge is 0.282 e. The molecule has 0 aliphatic carbocycles. The van der Waals surface area contributed by atoms with E-state index in [0.717, 1.165) is 0 Å². The maximum absolute atomic E-state index is 11.0. The molecule has 0 saturated heterocycles. The van der Waals surface area contributed by atoms with E-state index in [1.165, 1.54) is 13.2 Å². The lowest BCUT2D eigenvalue weighted by Crippen LogP contribution is -2.00. The molecule has 0 atom stereocenters. The molecule has 0 aliphatic heterocycles. The third-order valence-corrected chi connectivity index (χ3v) is 2.61. The van der Waals surface area contributed by atoms with Crippen molar-refractivity contribution in [2.45, 2.75) is 11.9 Å². The molecular weight excluding hydrogens is 214 g/mol. The highest BCUT2D eigenvalue weighted by atomic mass is 35.7. The van der Waals surface area contributed by atoms with Crippen LogP contribution in [0.4, 0.5) is 0 Å². The van der Waals surface area contributed by atoms with E-state index in [9.17, 15) is 8.42 Å². The molecule has 0 fully saturated rings. The molecule has 1 aromatic heterocycles. The number of methoxy groups -OCH3 is 1. The van der Waals surface area contributed by atoms with Gasteiger partial charge in [0.25, 0.3) is 9.05 Å². The lowest BCUT2D eigenvalue weighted by molar-refractivity contribution is 0.398. The Morgan fingerprint density at radius 1 is 1.46 bits per heavy atom. The van der Waals surface area contributed by atoms with Crippen LogP contribution in [-0.4, -0.2) is 20.5 Å². The van der Waals surface area contributed by atoms with Crippen molar-refractivity contribution in [2.24, 2.45) is 0 Å². The standard InChI is InChI=1S/C7H8ClNO3S/c1-5-3-4-6(12-2)7(9-5)13(8,10)11/h3-4H,1-2H3. The summed E-state index contributed by atoms with van der Waals surface area (Å²) in [5.41, 5.74) is 0.569. The van der Waals surface area contributed by atoms with E-state index in [2.05, 4.69) is 4.98 Å². The van der Waals surface area contributed by atoms with Gasteiger partial charge in [0.1, 0.15) is 0 Å². The van der Waals surface area contributed by atoms with Crippen molar-refractivity contribution >= 4 is 19.7 Å². The molecule has 1 aromatic rings. The molecule has 0 unspecified atom stereocenters. The van der Waals surface area contributed by atoms with E-state index < -0.39 is 9.05 Å². The molecule has 0 amide bonds. The van der Waals surface area contributed by atoms with Crippen molar-refractivity contribution in [2.75, 3.05) is 7.11 Å². The van der Waals surface area contributed by atoms with Crippen LogP contribution in [0.5, 0.6) is 5.75 Å². The highest BCUT2D eigenvalue weighted by Crippen LogP contribution is 2.24. The summed E-state index contributed by atoms with van der Waals surface area (Å²) in [6.07, 6.45) is 0. The second kappa shape index (κ2) is 3.51. The van der Waals surface area contributed by atoms with Gasteiger partial charge in [0.05, 0.1) is 7.11 Å². The number of halogens is 1. The maximum atomic E-state index is 11.0. The Labute approximate surface area is 80.9 Å². The Balaban J connectivity index is 3.41. The predicted octanol–water partition coefficient (Wildman–Crippen LogP) is 1.33. The van der Waals surface area contributed by atoms with Gasteiger partial charge < -0.3 is 4.74 Å². The van der Waals surface area contributed by atoms with Crippen molar-refractivity contribution < 1.29 is 13.2 Å². The lowest BCUT2D eigenvalue weighted by atomic mass is 10.4. The van der Waals surface area contributed by atoms with E-state index in [1.54, 1.807) is 13.0 Å². The van der Waals surface area contributed by atoms with Gasteiger partial charge in [-0.1, -0.05) is 0 Å². The molecule has 0 N–H and O–H groups in total. The van der Waals surface area contributed by atoms with E-state index in [-0.39, 0.29) is 10.8 Å². The van der Waals surface area contributed by atoms with Gasteiger partial charge in [-0.3, -0.25) is 0 Å². The molecule has 0 saturated carbocycles. The third kappa shape index (κ3) is 2.32. The van der Waals surface area contributed by atoms with Gasteiger partial charge in [0.2, 0.25) is 5.03 Å². The minimum Gasteiger partial charge on any atom is -0.494 e. The van der Waals surface area contributed by atoms with Crippen molar-refractivity contribution in [3.05, 3.63) is 17.8 Å². The molecular formula is C7H8ClNO3S. The number of aryl methyl sites for hydroxylation is 1. The number of pyridine rings is 1. The Hall–Kier alpha value is -0.810. The molecule has 1 heterocycles. The summed E-state index contributed by atoms with van der Waals surface area (Å²) in [6, 6.07) is 3.15. The van der Waals surface area contributed by atoms with Crippen molar-refractivity contribution in [1.82, 2.24) is 4.98 Å². The summed E-state index contributed by atoms with van der Waals surface area (Å²) in [5, 5.41) is -0.239. The van der Waals surface area contributed by atoms with E-state index >= 15 is 0 Å². The van der Waals surface area contributed by atoms with Gasteiger partial charge in [-0.15, -0.1) is 0 Å². The van der Waals surface area contributed by atoms with Crippen LogP contribution in [0.1, 0.15) is 5.69 Å². The summed E-state index contributed by atoms with van der Waals surface area (Å²) in [6.45, 7) is 1.67. The zero-order valence-electron chi connectivity index (χ0n) is 7.11. The Kier molecular flexibility index (Phi) is 2.77. The molecule has 13 heavy (non-hydrogen) atoms.